The van der Waals surface area contributed by atoms with Crippen LogP contribution >= 0.6 is 0 Å². The first-order valence-electron chi connectivity index (χ1n) is 18.3. The second-order valence-corrected chi connectivity index (χ2v) is 14.7. The Balaban J connectivity index is 1.30. The lowest BCUT2D eigenvalue weighted by atomic mass is 9.80. The molecule has 0 fully saturated rings. The van der Waals surface area contributed by atoms with Gasteiger partial charge in [-0.05, 0) is 118 Å². The first-order chi connectivity index (χ1) is 25.1. The zero-order valence-electron chi connectivity index (χ0n) is 29.1. The molecule has 1 heterocycles. The van der Waals surface area contributed by atoms with Gasteiger partial charge in [0, 0.05) is 22.1 Å². The van der Waals surface area contributed by atoms with Crippen LogP contribution < -0.4 is 4.90 Å². The Morgan fingerprint density at radius 3 is 2.10 bits per heavy atom. The van der Waals surface area contributed by atoms with Crippen molar-refractivity contribution in [3.63, 3.8) is 0 Å². The SMILES string of the molecule is CC1(C)c2ccccc2-c2cc(-c3cccc4c3CCCC4)c(N(c3ccc(-c4ccccc4)cc3)c3cccc4oc5ccccc5c34)cc21. The molecule has 2 heteroatoms. The third-order valence-corrected chi connectivity index (χ3v) is 11.5. The Hall–Kier alpha value is -5.86. The predicted octanol–water partition coefficient (Wildman–Crippen LogP) is 13.6. The summed E-state index contributed by atoms with van der Waals surface area (Å²) < 4.78 is 6.50. The first-order valence-corrected chi connectivity index (χ1v) is 18.3. The summed E-state index contributed by atoms with van der Waals surface area (Å²) in [5, 5.41) is 2.26. The van der Waals surface area contributed by atoms with Gasteiger partial charge in [0.05, 0.1) is 16.8 Å². The number of furan rings is 1. The zero-order chi connectivity index (χ0) is 34.1. The van der Waals surface area contributed by atoms with E-state index in [-0.39, 0.29) is 5.41 Å². The Morgan fingerprint density at radius 2 is 1.22 bits per heavy atom. The molecule has 0 saturated heterocycles. The van der Waals surface area contributed by atoms with Gasteiger partial charge in [-0.3, -0.25) is 0 Å². The molecule has 2 aliphatic carbocycles. The minimum atomic E-state index is -0.146. The van der Waals surface area contributed by atoms with Crippen LogP contribution in [-0.2, 0) is 18.3 Å². The fourth-order valence-corrected chi connectivity index (χ4v) is 8.95. The summed E-state index contributed by atoms with van der Waals surface area (Å²) in [6.45, 7) is 4.77. The molecule has 0 atom stereocenters. The van der Waals surface area contributed by atoms with E-state index in [2.05, 4.69) is 170 Å². The van der Waals surface area contributed by atoms with Crippen molar-refractivity contribution in [3.05, 3.63) is 174 Å². The largest absolute Gasteiger partial charge is 0.456 e. The molecule has 0 aliphatic heterocycles. The Labute approximate surface area is 299 Å². The molecule has 1 aromatic heterocycles. The number of anilines is 3. The normalized spacial score (nSPS) is 14.3. The summed E-state index contributed by atoms with van der Waals surface area (Å²) >= 11 is 0. The van der Waals surface area contributed by atoms with E-state index in [4.69, 9.17) is 4.42 Å². The third-order valence-electron chi connectivity index (χ3n) is 11.5. The van der Waals surface area contributed by atoms with Crippen LogP contribution in [0.1, 0.15) is 48.9 Å². The van der Waals surface area contributed by atoms with Crippen molar-refractivity contribution in [3.8, 4) is 33.4 Å². The lowest BCUT2D eigenvalue weighted by Gasteiger charge is -2.32. The van der Waals surface area contributed by atoms with Crippen LogP contribution in [0.2, 0.25) is 0 Å². The molecule has 51 heavy (non-hydrogen) atoms. The Bertz CT molecular complexity index is 2610. The van der Waals surface area contributed by atoms with Gasteiger partial charge in [-0.2, -0.15) is 0 Å². The van der Waals surface area contributed by atoms with Crippen LogP contribution in [0.3, 0.4) is 0 Å². The lowest BCUT2D eigenvalue weighted by Crippen LogP contribution is -2.17. The molecule has 0 spiro atoms. The summed E-state index contributed by atoms with van der Waals surface area (Å²) in [5.74, 6) is 0. The monoisotopic (exact) mass is 657 g/mol. The Kier molecular flexibility index (Phi) is 6.83. The summed E-state index contributed by atoms with van der Waals surface area (Å²) in [6, 6.07) is 55.8. The van der Waals surface area contributed by atoms with Crippen LogP contribution in [0.15, 0.2) is 156 Å². The van der Waals surface area contributed by atoms with Crippen molar-refractivity contribution in [2.75, 3.05) is 4.90 Å². The second kappa shape index (κ2) is 11.6. The third kappa shape index (κ3) is 4.70. The first kappa shape index (κ1) is 30.0. The number of hydrogen-bond donors (Lipinski definition) is 0. The van der Waals surface area contributed by atoms with Crippen LogP contribution in [-0.4, -0.2) is 0 Å². The number of fused-ring (bicyclic) bond motifs is 7. The highest BCUT2D eigenvalue weighted by Crippen LogP contribution is 2.55. The molecule has 0 saturated carbocycles. The van der Waals surface area contributed by atoms with Crippen LogP contribution in [0.4, 0.5) is 17.1 Å². The van der Waals surface area contributed by atoms with Gasteiger partial charge in [0.15, 0.2) is 0 Å². The number of aryl methyl sites for hydroxylation is 1. The van der Waals surface area contributed by atoms with E-state index >= 15 is 0 Å². The topological polar surface area (TPSA) is 16.4 Å². The fraction of sp³-hybridized carbons (Fsp3) is 0.143. The van der Waals surface area contributed by atoms with Gasteiger partial charge in [0.25, 0.3) is 0 Å². The maximum absolute atomic E-state index is 6.50. The minimum absolute atomic E-state index is 0.146. The average molecular weight is 658 g/mol. The van der Waals surface area contributed by atoms with E-state index < -0.39 is 0 Å². The van der Waals surface area contributed by atoms with Crippen molar-refractivity contribution in [2.45, 2.75) is 44.9 Å². The van der Waals surface area contributed by atoms with Gasteiger partial charge in [-0.1, -0.05) is 123 Å². The lowest BCUT2D eigenvalue weighted by molar-refractivity contribution is 0.660. The molecule has 7 aromatic carbocycles. The highest BCUT2D eigenvalue weighted by molar-refractivity contribution is 6.14. The van der Waals surface area contributed by atoms with Crippen molar-refractivity contribution in [1.29, 1.82) is 0 Å². The second-order valence-electron chi connectivity index (χ2n) is 14.7. The van der Waals surface area contributed by atoms with E-state index in [1.54, 1.807) is 0 Å². The van der Waals surface area contributed by atoms with Crippen molar-refractivity contribution in [1.82, 2.24) is 0 Å². The molecule has 0 bridgehead atoms. The Morgan fingerprint density at radius 1 is 0.510 bits per heavy atom. The summed E-state index contributed by atoms with van der Waals surface area (Å²) in [6.07, 6.45) is 4.73. The molecular weight excluding hydrogens is 619 g/mol. The van der Waals surface area contributed by atoms with Gasteiger partial charge < -0.3 is 9.32 Å². The highest BCUT2D eigenvalue weighted by Gasteiger charge is 2.37. The molecule has 0 amide bonds. The minimum Gasteiger partial charge on any atom is -0.456 e. The number of nitrogens with zero attached hydrogens (tertiary/aromatic N) is 1. The summed E-state index contributed by atoms with van der Waals surface area (Å²) in [5.41, 5.74) is 18.6. The quantitative estimate of drug-likeness (QED) is 0.183. The van der Waals surface area contributed by atoms with Crippen molar-refractivity contribution in [2.24, 2.45) is 0 Å². The van der Waals surface area contributed by atoms with Crippen molar-refractivity contribution >= 4 is 39.0 Å². The number of hydrogen-bond acceptors (Lipinski definition) is 2. The standard InChI is InChI=1S/C49H39NO/c1-49(2)42-22-10-8-19-38(42)40-30-41(37-21-12-17-34-16-6-7-18-36(34)37)45(31-43(40)49)50(35-28-26-33(27-29-35)32-14-4-3-5-15-32)44-23-13-25-47-48(44)39-20-9-11-24-46(39)51-47/h3-5,8-15,17,19-31H,6-7,16,18H2,1-2H3. The maximum atomic E-state index is 6.50. The summed E-state index contributed by atoms with van der Waals surface area (Å²) in [7, 11) is 0. The van der Waals surface area contributed by atoms with E-state index in [0.29, 0.717) is 0 Å². The predicted molar refractivity (Wildman–Crippen MR) is 213 cm³/mol. The average Bonchev–Trinajstić information content (AvgIpc) is 3.67. The van der Waals surface area contributed by atoms with Gasteiger partial charge in [0.1, 0.15) is 11.2 Å². The fourth-order valence-electron chi connectivity index (χ4n) is 8.95. The summed E-state index contributed by atoms with van der Waals surface area (Å²) in [4.78, 5) is 2.51. The molecule has 0 unspecified atom stereocenters. The number of rotatable bonds is 5. The molecule has 0 radical (unpaired) electrons. The van der Waals surface area contributed by atoms with Gasteiger partial charge in [-0.15, -0.1) is 0 Å². The van der Waals surface area contributed by atoms with Crippen LogP contribution in [0.5, 0.6) is 0 Å². The molecule has 10 rings (SSSR count). The van der Waals surface area contributed by atoms with E-state index in [1.807, 2.05) is 0 Å². The van der Waals surface area contributed by atoms with E-state index in [1.165, 1.54) is 74.2 Å². The highest BCUT2D eigenvalue weighted by atomic mass is 16.3. The smallest absolute Gasteiger partial charge is 0.137 e. The molecule has 0 N–H and O–H groups in total. The van der Waals surface area contributed by atoms with Crippen LogP contribution in [0, 0.1) is 0 Å². The van der Waals surface area contributed by atoms with E-state index in [9.17, 15) is 0 Å². The molecule has 2 aliphatic rings. The van der Waals surface area contributed by atoms with E-state index in [0.717, 1.165) is 46.2 Å². The van der Waals surface area contributed by atoms with Gasteiger partial charge in [-0.25, -0.2) is 0 Å². The number of benzene rings is 7. The molecule has 246 valence electrons. The zero-order valence-corrected chi connectivity index (χ0v) is 29.1. The molecule has 8 aromatic rings. The number of para-hydroxylation sites is 1. The van der Waals surface area contributed by atoms with Crippen LogP contribution in [0.25, 0.3) is 55.3 Å². The van der Waals surface area contributed by atoms with Gasteiger partial charge >= 0.3 is 0 Å². The maximum Gasteiger partial charge on any atom is 0.137 e. The van der Waals surface area contributed by atoms with Crippen molar-refractivity contribution < 1.29 is 4.42 Å². The van der Waals surface area contributed by atoms with Gasteiger partial charge in [0.2, 0.25) is 0 Å². The molecule has 2 nitrogen and oxygen atoms in total. The molecular formula is C49H39NO.